The van der Waals surface area contributed by atoms with Crippen LogP contribution in [0, 0.1) is 13.8 Å². The minimum Gasteiger partial charge on any atom is -0.484 e. The van der Waals surface area contributed by atoms with Crippen LogP contribution in [0.25, 0.3) is 0 Å². The Kier molecular flexibility index (Phi) is 5.84. The van der Waals surface area contributed by atoms with Gasteiger partial charge in [0.25, 0.3) is 5.91 Å². The zero-order valence-electron chi connectivity index (χ0n) is 18.4. The summed E-state index contributed by atoms with van der Waals surface area (Å²) < 4.78 is 17.4. The maximum Gasteiger partial charge on any atom is 0.259 e. The predicted octanol–water partition coefficient (Wildman–Crippen LogP) is 2.82. The van der Waals surface area contributed by atoms with E-state index in [1.165, 1.54) is 21.6 Å². The van der Waals surface area contributed by atoms with Crippen LogP contribution in [0.4, 0.5) is 0 Å². The molecular formula is C23H31N3O4. The molecule has 0 unspecified atom stereocenters. The van der Waals surface area contributed by atoms with Gasteiger partial charge in [0.05, 0.1) is 17.9 Å². The molecule has 1 aromatic carbocycles. The number of amides is 1. The maximum atomic E-state index is 11.8. The number of rotatable bonds is 5. The van der Waals surface area contributed by atoms with E-state index in [0.29, 0.717) is 0 Å². The number of piperidine rings is 1. The number of aromatic nitrogens is 1. The summed E-state index contributed by atoms with van der Waals surface area (Å²) in [4.78, 5) is 15.8. The Morgan fingerprint density at radius 2 is 2.03 bits per heavy atom. The maximum absolute atomic E-state index is 11.8. The summed E-state index contributed by atoms with van der Waals surface area (Å²) >= 11 is 0. The van der Waals surface area contributed by atoms with Crippen LogP contribution in [0.5, 0.6) is 5.75 Å². The largest absolute Gasteiger partial charge is 0.484 e. The van der Waals surface area contributed by atoms with Gasteiger partial charge in [-0.2, -0.15) is 0 Å². The van der Waals surface area contributed by atoms with Crippen LogP contribution in [0.1, 0.15) is 41.0 Å². The molecule has 0 bridgehead atoms. The van der Waals surface area contributed by atoms with Gasteiger partial charge in [0.2, 0.25) is 0 Å². The van der Waals surface area contributed by atoms with Gasteiger partial charge in [0.15, 0.2) is 6.61 Å². The Bertz CT molecular complexity index is 894. The Morgan fingerprint density at radius 1 is 1.27 bits per heavy atom. The first-order valence-electron chi connectivity index (χ1n) is 10.6. The van der Waals surface area contributed by atoms with Crippen LogP contribution in [0.3, 0.4) is 0 Å². The number of carbonyl (C=O) groups is 1. The Balaban J connectivity index is 1.43. The lowest BCUT2D eigenvalue weighted by molar-refractivity contribution is -0.130. The number of likely N-dealkylation sites (tertiary alicyclic amines) is 1. The number of carbonyl (C=O) groups excluding carboxylic acids is 1. The highest BCUT2D eigenvalue weighted by molar-refractivity contribution is 5.77. The van der Waals surface area contributed by atoms with E-state index in [2.05, 4.69) is 22.2 Å². The van der Waals surface area contributed by atoms with Gasteiger partial charge in [-0.05, 0) is 56.4 Å². The van der Waals surface area contributed by atoms with Crippen LogP contribution in [-0.4, -0.2) is 61.3 Å². The highest BCUT2D eigenvalue weighted by Gasteiger charge is 2.41. The number of likely N-dealkylation sites (N-methyl/N-ethyl adjacent to an activating group) is 1. The second kappa shape index (κ2) is 8.40. The molecule has 7 nitrogen and oxygen atoms in total. The average Bonchev–Trinajstić information content (AvgIpc) is 3.05. The molecule has 2 aliphatic rings. The molecule has 0 atom stereocenters. The molecule has 1 spiro atoms. The molecule has 1 saturated heterocycles. The van der Waals surface area contributed by atoms with E-state index in [9.17, 15) is 4.79 Å². The zero-order chi connectivity index (χ0) is 21.3. The van der Waals surface area contributed by atoms with Gasteiger partial charge in [-0.1, -0.05) is 11.2 Å². The van der Waals surface area contributed by atoms with Crippen LogP contribution in [-0.2, 0) is 28.1 Å². The molecule has 3 heterocycles. The SMILES string of the molecule is Cc1noc(C)c1CN1CCC2(CC1)OCCc1cc(OCC(=O)N(C)C)ccc12. The number of ether oxygens (including phenoxy) is 2. The average molecular weight is 414 g/mol. The van der Waals surface area contributed by atoms with E-state index < -0.39 is 0 Å². The molecule has 7 heteroatoms. The third-order valence-electron chi connectivity index (χ3n) is 6.41. The first kappa shape index (κ1) is 20.9. The number of nitrogens with zero attached hydrogens (tertiary/aromatic N) is 3. The Hall–Kier alpha value is -2.38. The number of hydrogen-bond donors (Lipinski definition) is 0. The number of aryl methyl sites for hydroxylation is 2. The molecule has 0 saturated carbocycles. The minimum atomic E-state index is -0.221. The quantitative estimate of drug-likeness (QED) is 0.751. The summed E-state index contributed by atoms with van der Waals surface area (Å²) in [7, 11) is 3.47. The van der Waals surface area contributed by atoms with Crippen molar-refractivity contribution in [2.24, 2.45) is 0 Å². The smallest absolute Gasteiger partial charge is 0.259 e. The van der Waals surface area contributed by atoms with Crippen molar-refractivity contribution in [3.8, 4) is 5.75 Å². The molecule has 2 aliphatic heterocycles. The lowest BCUT2D eigenvalue weighted by Crippen LogP contribution is -2.46. The molecule has 2 aromatic rings. The van der Waals surface area contributed by atoms with E-state index in [1.807, 2.05) is 19.9 Å². The van der Waals surface area contributed by atoms with E-state index >= 15 is 0 Å². The number of benzene rings is 1. The topological polar surface area (TPSA) is 68.0 Å². The summed E-state index contributed by atoms with van der Waals surface area (Å²) in [5, 5.41) is 4.08. The third-order valence-corrected chi connectivity index (χ3v) is 6.41. The molecule has 162 valence electrons. The van der Waals surface area contributed by atoms with Crippen LogP contribution >= 0.6 is 0 Å². The van der Waals surface area contributed by atoms with E-state index in [-0.39, 0.29) is 18.1 Å². The standard InChI is InChI=1S/C23H31N3O4/c1-16-20(17(2)30-24-16)14-26-10-8-23(9-11-26)21-6-5-19(13-18(21)7-12-29-23)28-15-22(27)25(3)4/h5-6,13H,7-12,14-15H2,1-4H3. The molecule has 0 aliphatic carbocycles. The van der Waals surface area contributed by atoms with Crippen molar-refractivity contribution in [3.63, 3.8) is 0 Å². The van der Waals surface area contributed by atoms with Gasteiger partial charge in [0, 0.05) is 39.3 Å². The molecule has 0 radical (unpaired) electrons. The van der Waals surface area contributed by atoms with Crippen molar-refractivity contribution in [2.75, 3.05) is 40.4 Å². The number of fused-ring (bicyclic) bond motifs is 2. The van der Waals surface area contributed by atoms with Gasteiger partial charge in [-0.25, -0.2) is 0 Å². The summed E-state index contributed by atoms with van der Waals surface area (Å²) in [6, 6.07) is 6.18. The van der Waals surface area contributed by atoms with Gasteiger partial charge >= 0.3 is 0 Å². The predicted molar refractivity (Wildman–Crippen MR) is 112 cm³/mol. The summed E-state index contributed by atoms with van der Waals surface area (Å²) in [6.07, 6.45) is 2.80. The second-order valence-corrected chi connectivity index (χ2v) is 8.57. The van der Waals surface area contributed by atoms with Crippen molar-refractivity contribution < 1.29 is 18.8 Å². The van der Waals surface area contributed by atoms with E-state index in [1.54, 1.807) is 14.1 Å². The molecular weight excluding hydrogens is 382 g/mol. The molecule has 1 fully saturated rings. The normalized spacial score (nSPS) is 18.3. The fraction of sp³-hybridized carbons (Fsp3) is 0.565. The molecule has 1 amide bonds. The number of hydrogen-bond acceptors (Lipinski definition) is 6. The second-order valence-electron chi connectivity index (χ2n) is 8.57. The van der Waals surface area contributed by atoms with E-state index in [0.717, 1.165) is 62.7 Å². The summed E-state index contributed by atoms with van der Waals surface area (Å²) in [6.45, 7) is 7.58. The fourth-order valence-corrected chi connectivity index (χ4v) is 4.46. The summed E-state index contributed by atoms with van der Waals surface area (Å²) in [5.41, 5.74) is 4.51. The Labute approximate surface area is 177 Å². The summed E-state index contributed by atoms with van der Waals surface area (Å²) in [5.74, 6) is 1.61. The monoisotopic (exact) mass is 413 g/mol. The molecule has 0 N–H and O–H groups in total. The third kappa shape index (κ3) is 4.09. The van der Waals surface area contributed by atoms with Gasteiger partial charge < -0.3 is 18.9 Å². The highest BCUT2D eigenvalue weighted by Crippen LogP contribution is 2.42. The Morgan fingerprint density at radius 3 is 2.70 bits per heavy atom. The van der Waals surface area contributed by atoms with Gasteiger partial charge in [-0.15, -0.1) is 0 Å². The molecule has 4 rings (SSSR count). The van der Waals surface area contributed by atoms with E-state index in [4.69, 9.17) is 14.0 Å². The lowest BCUT2D eigenvalue weighted by atomic mass is 9.79. The van der Waals surface area contributed by atoms with Gasteiger partial charge in [-0.3, -0.25) is 9.69 Å². The minimum absolute atomic E-state index is 0.0433. The van der Waals surface area contributed by atoms with Crippen molar-refractivity contribution >= 4 is 5.91 Å². The van der Waals surface area contributed by atoms with Crippen molar-refractivity contribution in [2.45, 2.75) is 45.3 Å². The van der Waals surface area contributed by atoms with Crippen LogP contribution in [0.15, 0.2) is 22.7 Å². The fourth-order valence-electron chi connectivity index (χ4n) is 4.46. The molecule has 1 aromatic heterocycles. The van der Waals surface area contributed by atoms with Crippen molar-refractivity contribution in [1.82, 2.24) is 15.0 Å². The van der Waals surface area contributed by atoms with Crippen molar-refractivity contribution in [3.05, 3.63) is 46.3 Å². The lowest BCUT2D eigenvalue weighted by Gasteiger charge is -2.45. The van der Waals surface area contributed by atoms with Crippen molar-refractivity contribution in [1.29, 1.82) is 0 Å². The van der Waals surface area contributed by atoms with Gasteiger partial charge in [0.1, 0.15) is 11.5 Å². The highest BCUT2D eigenvalue weighted by atomic mass is 16.5. The first-order valence-corrected chi connectivity index (χ1v) is 10.6. The van der Waals surface area contributed by atoms with Crippen LogP contribution < -0.4 is 4.74 Å². The van der Waals surface area contributed by atoms with Crippen LogP contribution in [0.2, 0.25) is 0 Å². The first-order chi connectivity index (χ1) is 14.4. The zero-order valence-corrected chi connectivity index (χ0v) is 18.4. The molecule has 30 heavy (non-hydrogen) atoms.